The third-order valence-electron chi connectivity index (χ3n) is 4.85. The van der Waals surface area contributed by atoms with Crippen molar-refractivity contribution >= 4 is 31.5 Å². The van der Waals surface area contributed by atoms with E-state index in [1.54, 1.807) is 48.5 Å². The highest BCUT2D eigenvalue weighted by Crippen LogP contribution is 2.22. The Morgan fingerprint density at radius 2 is 1.41 bits per heavy atom. The van der Waals surface area contributed by atoms with Crippen LogP contribution >= 0.6 is 0 Å². The van der Waals surface area contributed by atoms with Gasteiger partial charge in [0.05, 0.1) is 21.2 Å². The van der Waals surface area contributed by atoms with Crippen molar-refractivity contribution in [1.82, 2.24) is 5.32 Å². The third kappa shape index (κ3) is 5.54. The second-order valence-electron chi connectivity index (χ2n) is 7.08. The van der Waals surface area contributed by atoms with E-state index in [1.807, 2.05) is 0 Å². The highest BCUT2D eigenvalue weighted by molar-refractivity contribution is 7.92. The van der Waals surface area contributed by atoms with E-state index in [2.05, 4.69) is 5.32 Å². The maximum absolute atomic E-state index is 12.9. The van der Waals surface area contributed by atoms with Crippen molar-refractivity contribution < 1.29 is 21.6 Å². The summed E-state index contributed by atoms with van der Waals surface area (Å²) in [7, 11) is -5.82. The average molecular weight is 473 g/mol. The molecule has 0 saturated carbocycles. The number of carbonyl (C=O) groups excluding carboxylic acids is 1. The summed E-state index contributed by atoms with van der Waals surface area (Å²) in [6, 6.07) is 22.5. The molecule has 0 spiro atoms. The Balaban J connectivity index is 1.63. The molecule has 168 valence electrons. The lowest BCUT2D eigenvalue weighted by molar-refractivity contribution is 0.0953. The topological polar surface area (TPSA) is 101 Å². The van der Waals surface area contributed by atoms with Crippen LogP contribution in [0.3, 0.4) is 0 Å². The number of hydrogen-bond acceptors (Lipinski definition) is 5. The fourth-order valence-electron chi connectivity index (χ4n) is 3.04. The lowest BCUT2D eigenvalue weighted by atomic mass is 10.2. The van der Waals surface area contributed by atoms with Crippen LogP contribution in [-0.2, 0) is 19.9 Å². The van der Waals surface area contributed by atoms with E-state index >= 15 is 0 Å². The summed E-state index contributed by atoms with van der Waals surface area (Å²) in [5, 5.41) is 2.65. The van der Waals surface area contributed by atoms with Crippen LogP contribution < -0.4 is 9.62 Å². The van der Waals surface area contributed by atoms with Crippen molar-refractivity contribution in [3.05, 3.63) is 90.5 Å². The number of benzene rings is 3. The first-order valence-corrected chi connectivity index (χ1v) is 13.0. The zero-order valence-electron chi connectivity index (χ0n) is 17.5. The standard InChI is InChI=1S/C23H24N2O5S2/c1-25(20-11-4-2-5-12-20)32(29,30)22-15-8-10-19(18-22)23(26)24-16-9-17-31(27,28)21-13-6-3-7-14-21/h2-8,10-15,18H,9,16-17H2,1H3,(H,24,26). The summed E-state index contributed by atoms with van der Waals surface area (Å²) in [5.74, 6) is -0.574. The molecule has 3 aromatic carbocycles. The number of anilines is 1. The molecule has 32 heavy (non-hydrogen) atoms. The molecule has 0 fully saturated rings. The predicted molar refractivity (Wildman–Crippen MR) is 124 cm³/mol. The molecule has 3 aromatic rings. The van der Waals surface area contributed by atoms with Crippen LogP contribution in [-0.4, -0.2) is 42.1 Å². The first-order chi connectivity index (χ1) is 15.2. The fraction of sp³-hybridized carbons (Fsp3) is 0.174. The summed E-state index contributed by atoms with van der Waals surface area (Å²) in [6.45, 7) is 0.145. The van der Waals surface area contributed by atoms with E-state index in [4.69, 9.17) is 0 Å². The van der Waals surface area contributed by atoms with Gasteiger partial charge in [0.15, 0.2) is 9.84 Å². The highest BCUT2D eigenvalue weighted by atomic mass is 32.2. The Morgan fingerprint density at radius 1 is 0.812 bits per heavy atom. The number of nitrogens with zero attached hydrogens (tertiary/aromatic N) is 1. The van der Waals surface area contributed by atoms with Crippen LogP contribution in [0.2, 0.25) is 0 Å². The average Bonchev–Trinajstić information content (AvgIpc) is 2.82. The minimum Gasteiger partial charge on any atom is -0.352 e. The van der Waals surface area contributed by atoms with E-state index < -0.39 is 25.8 Å². The van der Waals surface area contributed by atoms with Gasteiger partial charge in [-0.1, -0.05) is 42.5 Å². The normalized spacial score (nSPS) is 11.7. The summed E-state index contributed by atoms with van der Waals surface area (Å²) in [6.07, 6.45) is 0.234. The Morgan fingerprint density at radius 3 is 2.06 bits per heavy atom. The van der Waals surface area contributed by atoms with E-state index in [0.29, 0.717) is 5.69 Å². The van der Waals surface area contributed by atoms with Crippen molar-refractivity contribution in [2.45, 2.75) is 16.2 Å². The van der Waals surface area contributed by atoms with Gasteiger partial charge in [-0.25, -0.2) is 16.8 Å². The zero-order chi connectivity index (χ0) is 23.2. The molecule has 0 saturated heterocycles. The summed E-state index contributed by atoms with van der Waals surface area (Å²) in [4.78, 5) is 12.7. The van der Waals surface area contributed by atoms with Gasteiger partial charge < -0.3 is 5.32 Å². The number of rotatable bonds is 9. The Hall–Kier alpha value is -3.17. The van der Waals surface area contributed by atoms with Crippen molar-refractivity contribution in [2.24, 2.45) is 0 Å². The lowest BCUT2D eigenvalue weighted by Crippen LogP contribution is -2.28. The number of sulfone groups is 1. The van der Waals surface area contributed by atoms with Crippen molar-refractivity contribution in [2.75, 3.05) is 23.7 Å². The van der Waals surface area contributed by atoms with Crippen LogP contribution in [0.25, 0.3) is 0 Å². The molecule has 1 N–H and O–H groups in total. The number of amides is 1. The minimum absolute atomic E-state index is 0.0110. The van der Waals surface area contributed by atoms with Crippen molar-refractivity contribution in [3.8, 4) is 0 Å². The SMILES string of the molecule is CN(c1ccccc1)S(=O)(=O)c1cccc(C(=O)NCCCS(=O)(=O)c2ccccc2)c1. The van der Waals surface area contributed by atoms with Gasteiger partial charge in [0.2, 0.25) is 0 Å². The second-order valence-corrected chi connectivity index (χ2v) is 11.2. The van der Waals surface area contributed by atoms with Crippen LogP contribution in [0.1, 0.15) is 16.8 Å². The maximum Gasteiger partial charge on any atom is 0.264 e. The Kier molecular flexibility index (Phi) is 7.32. The smallest absolute Gasteiger partial charge is 0.264 e. The van der Waals surface area contributed by atoms with E-state index in [0.717, 1.165) is 4.31 Å². The Labute approximate surface area is 188 Å². The van der Waals surface area contributed by atoms with Crippen molar-refractivity contribution in [3.63, 3.8) is 0 Å². The Bertz CT molecular complexity index is 1280. The van der Waals surface area contributed by atoms with Gasteiger partial charge in [-0.05, 0) is 48.9 Å². The van der Waals surface area contributed by atoms with Crippen molar-refractivity contribution in [1.29, 1.82) is 0 Å². The molecule has 0 atom stereocenters. The summed E-state index contributed by atoms with van der Waals surface area (Å²) < 4.78 is 51.6. The number of sulfonamides is 1. The molecule has 0 heterocycles. The van der Waals surface area contributed by atoms with Gasteiger partial charge in [-0.15, -0.1) is 0 Å². The van der Waals surface area contributed by atoms with E-state index in [9.17, 15) is 21.6 Å². The summed E-state index contributed by atoms with van der Waals surface area (Å²) in [5.41, 5.74) is 0.681. The predicted octanol–water partition coefficient (Wildman–Crippen LogP) is 3.11. The van der Waals surface area contributed by atoms with Crippen LogP contribution in [0.5, 0.6) is 0 Å². The molecule has 1 amide bonds. The number of nitrogens with one attached hydrogen (secondary N) is 1. The number of para-hydroxylation sites is 1. The summed E-state index contributed by atoms with van der Waals surface area (Å²) >= 11 is 0. The molecule has 0 unspecified atom stereocenters. The third-order valence-corrected chi connectivity index (χ3v) is 8.45. The van der Waals surface area contributed by atoms with E-state index in [1.165, 1.54) is 43.4 Å². The molecule has 0 aliphatic rings. The molecular formula is C23H24N2O5S2. The number of carbonyl (C=O) groups is 1. The molecule has 7 nitrogen and oxygen atoms in total. The molecule has 3 rings (SSSR count). The van der Waals surface area contributed by atoms with E-state index in [-0.39, 0.29) is 34.1 Å². The van der Waals surface area contributed by atoms with Gasteiger partial charge in [-0.3, -0.25) is 9.10 Å². The fourth-order valence-corrected chi connectivity index (χ4v) is 5.62. The molecule has 0 aliphatic heterocycles. The first kappa shape index (κ1) is 23.5. The second kappa shape index (κ2) is 9.97. The van der Waals surface area contributed by atoms with Crippen LogP contribution in [0, 0.1) is 0 Å². The molecule has 0 bridgehead atoms. The monoisotopic (exact) mass is 472 g/mol. The van der Waals surface area contributed by atoms with Gasteiger partial charge in [0, 0.05) is 19.2 Å². The minimum atomic E-state index is -3.85. The van der Waals surface area contributed by atoms with Gasteiger partial charge in [0.25, 0.3) is 15.9 Å². The largest absolute Gasteiger partial charge is 0.352 e. The lowest BCUT2D eigenvalue weighted by Gasteiger charge is -2.19. The number of hydrogen-bond donors (Lipinski definition) is 1. The van der Waals surface area contributed by atoms with Gasteiger partial charge >= 0.3 is 0 Å². The quantitative estimate of drug-likeness (QED) is 0.482. The molecule has 0 aromatic heterocycles. The van der Waals surface area contributed by atoms with Crippen LogP contribution in [0.4, 0.5) is 5.69 Å². The maximum atomic E-state index is 12.9. The molecule has 0 radical (unpaired) electrons. The zero-order valence-corrected chi connectivity index (χ0v) is 19.1. The van der Waals surface area contributed by atoms with Gasteiger partial charge in [0.1, 0.15) is 0 Å². The highest BCUT2D eigenvalue weighted by Gasteiger charge is 2.22. The van der Waals surface area contributed by atoms with Gasteiger partial charge in [-0.2, -0.15) is 0 Å². The van der Waals surface area contributed by atoms with Crippen LogP contribution in [0.15, 0.2) is 94.7 Å². The first-order valence-electron chi connectivity index (χ1n) is 9.92. The molecule has 0 aliphatic carbocycles. The molecule has 9 heteroatoms. The molecular weight excluding hydrogens is 448 g/mol.